The number of benzene rings is 1. The molecule has 0 bridgehead atoms. The molecule has 0 N–H and O–H groups in total. The van der Waals surface area contributed by atoms with Crippen molar-refractivity contribution in [3.8, 4) is 0 Å². The van der Waals surface area contributed by atoms with Crippen LogP contribution in [0.1, 0.15) is 40.7 Å². The van der Waals surface area contributed by atoms with Crippen molar-refractivity contribution in [3.63, 3.8) is 0 Å². The van der Waals surface area contributed by atoms with Crippen LogP contribution in [0.5, 0.6) is 0 Å². The number of fused-ring (bicyclic) bond motifs is 1. The monoisotopic (exact) mass is 327 g/mol. The fourth-order valence-electron chi connectivity index (χ4n) is 3.29. The summed E-state index contributed by atoms with van der Waals surface area (Å²) in [7, 11) is 3.96. The second-order valence-electron chi connectivity index (χ2n) is 6.66. The smallest absolute Gasteiger partial charge is 0.275 e. The van der Waals surface area contributed by atoms with Gasteiger partial charge in [0.2, 0.25) is 0 Å². The average Bonchev–Trinajstić information content (AvgIpc) is 3.03. The Morgan fingerprint density at radius 1 is 1.38 bits per heavy atom. The molecule has 1 aliphatic rings. The molecular formula is C19H25N3O2. The minimum absolute atomic E-state index is 0.0756. The van der Waals surface area contributed by atoms with Gasteiger partial charge in [0.1, 0.15) is 5.76 Å². The van der Waals surface area contributed by atoms with Crippen molar-refractivity contribution in [2.24, 2.45) is 0 Å². The number of hydrogen-bond acceptors (Lipinski definition) is 4. The predicted octanol–water partition coefficient (Wildman–Crippen LogP) is 2.76. The summed E-state index contributed by atoms with van der Waals surface area (Å²) in [6.07, 6.45) is 2.75. The highest BCUT2D eigenvalue weighted by molar-refractivity contribution is 5.92. The van der Waals surface area contributed by atoms with Crippen LogP contribution in [-0.2, 0) is 19.4 Å². The highest BCUT2D eigenvalue weighted by Crippen LogP contribution is 2.22. The molecular weight excluding hydrogens is 302 g/mol. The third-order valence-corrected chi connectivity index (χ3v) is 4.72. The van der Waals surface area contributed by atoms with Gasteiger partial charge in [-0.1, -0.05) is 36.3 Å². The Labute approximate surface area is 143 Å². The first-order valence-electron chi connectivity index (χ1n) is 8.56. The SMILES string of the molecule is CCCc1cc(C(=O)N(C)C[C@@H]2Cc3ccccc3CN2C)no1. The molecule has 2 heterocycles. The van der Waals surface area contributed by atoms with E-state index in [1.807, 2.05) is 7.05 Å². The molecule has 24 heavy (non-hydrogen) atoms. The van der Waals surface area contributed by atoms with Gasteiger partial charge in [0, 0.05) is 38.7 Å². The number of amides is 1. The molecule has 1 atom stereocenters. The molecule has 5 nitrogen and oxygen atoms in total. The van der Waals surface area contributed by atoms with Gasteiger partial charge in [0.05, 0.1) is 0 Å². The summed E-state index contributed by atoms with van der Waals surface area (Å²) in [6.45, 7) is 3.68. The molecule has 1 aromatic heterocycles. The summed E-state index contributed by atoms with van der Waals surface area (Å²) in [4.78, 5) is 16.6. The summed E-state index contributed by atoms with van der Waals surface area (Å²) in [5, 5.41) is 3.92. The van der Waals surface area contributed by atoms with Crippen LogP contribution >= 0.6 is 0 Å². The van der Waals surface area contributed by atoms with E-state index in [0.717, 1.165) is 31.6 Å². The van der Waals surface area contributed by atoms with Gasteiger partial charge in [0.15, 0.2) is 5.69 Å². The second-order valence-corrected chi connectivity index (χ2v) is 6.66. The summed E-state index contributed by atoms with van der Waals surface area (Å²) in [6, 6.07) is 10.6. The molecule has 1 aliphatic heterocycles. The minimum atomic E-state index is -0.0756. The number of rotatable bonds is 5. The summed E-state index contributed by atoms with van der Waals surface area (Å²) < 4.78 is 5.23. The maximum Gasteiger partial charge on any atom is 0.275 e. The van der Waals surface area contributed by atoms with E-state index >= 15 is 0 Å². The lowest BCUT2D eigenvalue weighted by Crippen LogP contribution is -2.46. The summed E-state index contributed by atoms with van der Waals surface area (Å²) in [5.74, 6) is 0.700. The van der Waals surface area contributed by atoms with Gasteiger partial charge in [0.25, 0.3) is 5.91 Å². The summed E-state index contributed by atoms with van der Waals surface area (Å²) in [5.41, 5.74) is 3.17. The zero-order valence-corrected chi connectivity index (χ0v) is 14.7. The Morgan fingerprint density at radius 3 is 2.88 bits per heavy atom. The van der Waals surface area contributed by atoms with E-state index in [-0.39, 0.29) is 5.91 Å². The Balaban J connectivity index is 1.65. The quantitative estimate of drug-likeness (QED) is 0.847. The topological polar surface area (TPSA) is 49.6 Å². The zero-order chi connectivity index (χ0) is 17.1. The van der Waals surface area contributed by atoms with E-state index in [2.05, 4.69) is 48.3 Å². The third kappa shape index (κ3) is 3.51. The fourth-order valence-corrected chi connectivity index (χ4v) is 3.29. The van der Waals surface area contributed by atoms with Crippen molar-refractivity contribution < 1.29 is 9.32 Å². The lowest BCUT2D eigenvalue weighted by atomic mass is 9.94. The maximum absolute atomic E-state index is 12.6. The van der Waals surface area contributed by atoms with Crippen molar-refractivity contribution in [2.75, 3.05) is 20.6 Å². The molecule has 0 fully saturated rings. The van der Waals surface area contributed by atoms with Gasteiger partial charge in [-0.2, -0.15) is 0 Å². The van der Waals surface area contributed by atoms with E-state index < -0.39 is 0 Å². The number of hydrogen-bond donors (Lipinski definition) is 0. The third-order valence-electron chi connectivity index (χ3n) is 4.72. The van der Waals surface area contributed by atoms with Crippen LogP contribution in [-0.4, -0.2) is 47.5 Å². The number of likely N-dealkylation sites (N-methyl/N-ethyl adjacent to an activating group) is 2. The van der Waals surface area contributed by atoms with E-state index in [1.54, 1.807) is 11.0 Å². The van der Waals surface area contributed by atoms with Gasteiger partial charge in [-0.25, -0.2) is 0 Å². The van der Waals surface area contributed by atoms with E-state index in [1.165, 1.54) is 11.1 Å². The Hall–Kier alpha value is -2.14. The number of carbonyl (C=O) groups excluding carboxylic acids is 1. The van der Waals surface area contributed by atoms with Crippen LogP contribution in [0.4, 0.5) is 0 Å². The molecule has 2 aromatic rings. The number of carbonyl (C=O) groups is 1. The Bertz CT molecular complexity index is 710. The lowest BCUT2D eigenvalue weighted by molar-refractivity contribution is 0.0723. The molecule has 1 aromatic carbocycles. The highest BCUT2D eigenvalue weighted by Gasteiger charge is 2.26. The zero-order valence-electron chi connectivity index (χ0n) is 14.7. The first kappa shape index (κ1) is 16.7. The van der Waals surface area contributed by atoms with Gasteiger partial charge < -0.3 is 9.42 Å². The van der Waals surface area contributed by atoms with Crippen LogP contribution in [0.25, 0.3) is 0 Å². The molecule has 0 saturated heterocycles. The first-order chi connectivity index (χ1) is 11.6. The van der Waals surface area contributed by atoms with Gasteiger partial charge in [-0.15, -0.1) is 0 Å². The number of aromatic nitrogens is 1. The molecule has 128 valence electrons. The molecule has 1 amide bonds. The number of nitrogens with zero attached hydrogens (tertiary/aromatic N) is 3. The van der Waals surface area contributed by atoms with E-state index in [4.69, 9.17) is 4.52 Å². The van der Waals surface area contributed by atoms with Crippen LogP contribution < -0.4 is 0 Å². The molecule has 0 spiro atoms. The van der Waals surface area contributed by atoms with Crippen LogP contribution in [0, 0.1) is 0 Å². The molecule has 0 radical (unpaired) electrons. The van der Waals surface area contributed by atoms with Crippen LogP contribution in [0.3, 0.4) is 0 Å². The van der Waals surface area contributed by atoms with Crippen molar-refractivity contribution in [1.82, 2.24) is 15.0 Å². The lowest BCUT2D eigenvalue weighted by Gasteiger charge is -2.36. The summed E-state index contributed by atoms with van der Waals surface area (Å²) >= 11 is 0. The Morgan fingerprint density at radius 2 is 2.12 bits per heavy atom. The van der Waals surface area contributed by atoms with Crippen molar-refractivity contribution >= 4 is 5.91 Å². The van der Waals surface area contributed by atoms with Gasteiger partial charge in [-0.3, -0.25) is 9.69 Å². The molecule has 5 heteroatoms. The fraction of sp³-hybridized carbons (Fsp3) is 0.474. The average molecular weight is 327 g/mol. The van der Waals surface area contributed by atoms with Crippen LogP contribution in [0.2, 0.25) is 0 Å². The molecule has 0 aliphatic carbocycles. The molecule has 0 saturated carbocycles. The first-order valence-corrected chi connectivity index (χ1v) is 8.56. The van der Waals surface area contributed by atoms with E-state index in [9.17, 15) is 4.79 Å². The Kier molecular flexibility index (Phi) is 5.00. The highest BCUT2D eigenvalue weighted by atomic mass is 16.5. The molecule has 0 unspecified atom stereocenters. The number of aryl methyl sites for hydroxylation is 1. The van der Waals surface area contributed by atoms with Crippen LogP contribution in [0.15, 0.2) is 34.9 Å². The van der Waals surface area contributed by atoms with Gasteiger partial charge in [-0.05, 0) is 31.0 Å². The second kappa shape index (κ2) is 7.18. The van der Waals surface area contributed by atoms with Crippen molar-refractivity contribution in [1.29, 1.82) is 0 Å². The van der Waals surface area contributed by atoms with Crippen molar-refractivity contribution in [2.45, 2.75) is 38.8 Å². The predicted molar refractivity (Wildman–Crippen MR) is 92.9 cm³/mol. The van der Waals surface area contributed by atoms with Gasteiger partial charge >= 0.3 is 0 Å². The normalized spacial score (nSPS) is 17.5. The van der Waals surface area contributed by atoms with Crippen molar-refractivity contribution in [3.05, 3.63) is 52.9 Å². The standard InChI is InChI=1S/C19H25N3O2/c1-4-7-17-11-18(20-24-17)19(23)22(3)13-16-10-14-8-5-6-9-15(14)12-21(16)2/h5-6,8-9,11,16H,4,7,10,12-13H2,1-3H3/t16-/m0/s1. The minimum Gasteiger partial charge on any atom is -0.361 e. The largest absolute Gasteiger partial charge is 0.361 e. The molecule has 3 rings (SSSR count). The van der Waals surface area contributed by atoms with E-state index in [0.29, 0.717) is 18.3 Å². The maximum atomic E-state index is 12.6.